The number of carbonyl (C=O) groups is 2. The van der Waals surface area contributed by atoms with Gasteiger partial charge in [-0.2, -0.15) is 0 Å². The highest BCUT2D eigenvalue weighted by atomic mass is 16.5. The van der Waals surface area contributed by atoms with E-state index in [-0.39, 0.29) is 18.4 Å². The Kier molecular flexibility index (Phi) is 7.36. The number of nitrogens with zero attached hydrogens (tertiary/aromatic N) is 1. The zero-order chi connectivity index (χ0) is 15.0. The number of amides is 2. The van der Waals surface area contributed by atoms with E-state index in [1.807, 2.05) is 6.92 Å². The highest BCUT2D eigenvalue weighted by Gasteiger charge is 2.18. The highest BCUT2D eigenvalue weighted by Crippen LogP contribution is 2.15. The van der Waals surface area contributed by atoms with Gasteiger partial charge in [0.15, 0.2) is 0 Å². The fraction of sp³-hybridized carbons (Fsp3) is 0.857. The molecule has 1 unspecified atom stereocenters. The fourth-order valence-electron chi connectivity index (χ4n) is 2.27. The van der Waals surface area contributed by atoms with E-state index in [9.17, 15) is 9.59 Å². The van der Waals surface area contributed by atoms with Gasteiger partial charge in [-0.3, -0.25) is 4.79 Å². The van der Waals surface area contributed by atoms with Crippen molar-refractivity contribution in [3.63, 3.8) is 0 Å². The SMILES string of the molecule is CC(CCC(=O)O)CNC(=O)N(C)CC1CCOCC1. The lowest BCUT2D eigenvalue weighted by Crippen LogP contribution is -2.42. The smallest absolute Gasteiger partial charge is 0.317 e. The second kappa shape index (κ2) is 8.79. The van der Waals surface area contributed by atoms with Crippen LogP contribution < -0.4 is 5.32 Å². The molecule has 0 aliphatic carbocycles. The van der Waals surface area contributed by atoms with Crippen molar-refractivity contribution in [2.75, 3.05) is 33.4 Å². The molecule has 1 fully saturated rings. The Morgan fingerprint density at radius 2 is 2.05 bits per heavy atom. The molecule has 2 N–H and O–H groups in total. The van der Waals surface area contributed by atoms with Gasteiger partial charge in [0, 0.05) is 39.8 Å². The largest absolute Gasteiger partial charge is 0.481 e. The normalized spacial score (nSPS) is 17.5. The Balaban J connectivity index is 2.18. The standard InChI is InChI=1S/C14H26N2O4/c1-11(3-4-13(17)18)9-15-14(19)16(2)10-12-5-7-20-8-6-12/h11-12H,3-10H2,1-2H3,(H,15,19)(H,17,18). The number of ether oxygens (including phenoxy) is 1. The monoisotopic (exact) mass is 286 g/mol. The summed E-state index contributed by atoms with van der Waals surface area (Å²) in [4.78, 5) is 24.1. The van der Waals surface area contributed by atoms with Gasteiger partial charge >= 0.3 is 12.0 Å². The van der Waals surface area contributed by atoms with Crippen LogP contribution in [-0.4, -0.2) is 55.4 Å². The zero-order valence-electron chi connectivity index (χ0n) is 12.4. The van der Waals surface area contributed by atoms with Crippen molar-refractivity contribution < 1.29 is 19.4 Å². The van der Waals surface area contributed by atoms with Gasteiger partial charge in [-0.1, -0.05) is 6.92 Å². The van der Waals surface area contributed by atoms with Gasteiger partial charge in [-0.05, 0) is 31.1 Å². The van der Waals surface area contributed by atoms with E-state index >= 15 is 0 Å². The lowest BCUT2D eigenvalue weighted by molar-refractivity contribution is -0.137. The summed E-state index contributed by atoms with van der Waals surface area (Å²) < 4.78 is 5.30. The molecule has 1 rings (SSSR count). The number of carbonyl (C=O) groups excluding carboxylic acids is 1. The maximum Gasteiger partial charge on any atom is 0.317 e. The Labute approximate surface area is 120 Å². The van der Waals surface area contributed by atoms with Gasteiger partial charge in [-0.15, -0.1) is 0 Å². The summed E-state index contributed by atoms with van der Waals surface area (Å²) in [5, 5.41) is 11.5. The third-order valence-corrected chi connectivity index (χ3v) is 3.67. The average molecular weight is 286 g/mol. The van der Waals surface area contributed by atoms with Crippen molar-refractivity contribution in [3.05, 3.63) is 0 Å². The number of aliphatic carboxylic acids is 1. The topological polar surface area (TPSA) is 78.9 Å². The molecule has 1 heterocycles. The predicted molar refractivity (Wildman–Crippen MR) is 75.6 cm³/mol. The molecule has 116 valence electrons. The van der Waals surface area contributed by atoms with E-state index in [1.54, 1.807) is 11.9 Å². The zero-order valence-corrected chi connectivity index (χ0v) is 12.4. The first-order valence-electron chi connectivity index (χ1n) is 7.27. The predicted octanol–water partition coefficient (Wildman–Crippen LogP) is 1.56. The summed E-state index contributed by atoms with van der Waals surface area (Å²) >= 11 is 0. The van der Waals surface area contributed by atoms with E-state index in [0.717, 1.165) is 32.6 Å². The number of rotatable bonds is 7. The van der Waals surface area contributed by atoms with Crippen LogP contribution in [0.3, 0.4) is 0 Å². The Bertz CT molecular complexity index is 316. The van der Waals surface area contributed by atoms with Crippen LogP contribution in [0.25, 0.3) is 0 Å². The van der Waals surface area contributed by atoms with Crippen LogP contribution in [0.2, 0.25) is 0 Å². The van der Waals surface area contributed by atoms with E-state index in [0.29, 0.717) is 18.9 Å². The maximum absolute atomic E-state index is 11.9. The molecule has 1 aliphatic heterocycles. The minimum Gasteiger partial charge on any atom is -0.481 e. The molecule has 0 saturated carbocycles. The van der Waals surface area contributed by atoms with Crippen LogP contribution >= 0.6 is 0 Å². The molecule has 0 radical (unpaired) electrons. The first-order chi connectivity index (χ1) is 9.49. The van der Waals surface area contributed by atoms with E-state index in [2.05, 4.69) is 5.32 Å². The molecule has 6 heteroatoms. The molecule has 1 saturated heterocycles. The molecule has 0 aromatic carbocycles. The van der Waals surface area contributed by atoms with Gasteiger partial charge in [0.25, 0.3) is 0 Å². The summed E-state index contributed by atoms with van der Waals surface area (Å²) in [7, 11) is 1.80. The highest BCUT2D eigenvalue weighted by molar-refractivity contribution is 5.73. The third kappa shape index (κ3) is 6.75. The van der Waals surface area contributed by atoms with E-state index in [1.165, 1.54) is 0 Å². The molecule has 0 spiro atoms. The summed E-state index contributed by atoms with van der Waals surface area (Å²) in [6, 6.07) is -0.0846. The Morgan fingerprint density at radius 3 is 2.65 bits per heavy atom. The molecular formula is C14H26N2O4. The second-order valence-corrected chi connectivity index (χ2v) is 5.66. The quantitative estimate of drug-likeness (QED) is 0.744. The van der Waals surface area contributed by atoms with Crippen LogP contribution in [0.4, 0.5) is 4.79 Å². The number of carboxylic acids is 1. The molecule has 2 amide bonds. The van der Waals surface area contributed by atoms with Crippen molar-refractivity contribution in [1.82, 2.24) is 10.2 Å². The van der Waals surface area contributed by atoms with Crippen molar-refractivity contribution in [3.8, 4) is 0 Å². The van der Waals surface area contributed by atoms with Crippen LogP contribution in [0.1, 0.15) is 32.6 Å². The van der Waals surface area contributed by atoms with Gasteiger partial charge in [0.2, 0.25) is 0 Å². The minimum absolute atomic E-state index is 0.0846. The van der Waals surface area contributed by atoms with Gasteiger partial charge in [0.05, 0.1) is 0 Å². The van der Waals surface area contributed by atoms with Crippen molar-refractivity contribution in [2.45, 2.75) is 32.6 Å². The molecule has 1 aliphatic rings. The van der Waals surface area contributed by atoms with Crippen LogP contribution in [0.5, 0.6) is 0 Å². The van der Waals surface area contributed by atoms with Crippen molar-refractivity contribution in [2.24, 2.45) is 11.8 Å². The first kappa shape index (κ1) is 16.8. The number of carboxylic acid groups (broad SMARTS) is 1. The van der Waals surface area contributed by atoms with Gasteiger partial charge < -0.3 is 20.1 Å². The number of urea groups is 1. The fourth-order valence-corrected chi connectivity index (χ4v) is 2.27. The van der Waals surface area contributed by atoms with Gasteiger partial charge in [-0.25, -0.2) is 4.79 Å². The van der Waals surface area contributed by atoms with E-state index in [4.69, 9.17) is 9.84 Å². The van der Waals surface area contributed by atoms with Crippen LogP contribution in [0.15, 0.2) is 0 Å². The molecule has 6 nitrogen and oxygen atoms in total. The van der Waals surface area contributed by atoms with Crippen molar-refractivity contribution >= 4 is 12.0 Å². The third-order valence-electron chi connectivity index (χ3n) is 3.67. The Hall–Kier alpha value is -1.30. The molecule has 0 aromatic rings. The molecule has 1 atom stereocenters. The first-order valence-corrected chi connectivity index (χ1v) is 7.27. The molecule has 0 aromatic heterocycles. The summed E-state index contributed by atoms with van der Waals surface area (Å²) in [5.74, 6) is -0.102. The number of hydrogen-bond acceptors (Lipinski definition) is 3. The number of nitrogens with one attached hydrogen (secondary N) is 1. The summed E-state index contributed by atoms with van der Waals surface area (Å²) in [6.07, 6.45) is 2.74. The average Bonchev–Trinajstić information content (AvgIpc) is 2.43. The minimum atomic E-state index is -0.792. The lowest BCUT2D eigenvalue weighted by Gasteiger charge is -2.27. The lowest BCUT2D eigenvalue weighted by atomic mass is 10.00. The molecular weight excluding hydrogens is 260 g/mol. The van der Waals surface area contributed by atoms with Gasteiger partial charge in [0.1, 0.15) is 0 Å². The van der Waals surface area contributed by atoms with Crippen LogP contribution in [0, 0.1) is 11.8 Å². The molecule has 20 heavy (non-hydrogen) atoms. The molecule has 0 bridgehead atoms. The Morgan fingerprint density at radius 1 is 1.40 bits per heavy atom. The summed E-state index contributed by atoms with van der Waals surface area (Å²) in [5.41, 5.74) is 0. The maximum atomic E-state index is 11.9. The summed E-state index contributed by atoms with van der Waals surface area (Å²) in [6.45, 7) is 4.78. The van der Waals surface area contributed by atoms with Crippen LogP contribution in [-0.2, 0) is 9.53 Å². The van der Waals surface area contributed by atoms with E-state index < -0.39 is 5.97 Å². The number of hydrogen-bond donors (Lipinski definition) is 2. The van der Waals surface area contributed by atoms with Crippen molar-refractivity contribution in [1.29, 1.82) is 0 Å². The second-order valence-electron chi connectivity index (χ2n) is 5.66.